The molecule has 0 saturated carbocycles. The zero-order chi connectivity index (χ0) is 10.4. The maximum Gasteiger partial charge on any atom is 0.0474 e. The zero-order valence-corrected chi connectivity index (χ0v) is 11.0. The van der Waals surface area contributed by atoms with E-state index in [1.54, 1.807) is 18.4 Å². The maximum absolute atomic E-state index is 5.02. The Morgan fingerprint density at radius 2 is 2.36 bits per heavy atom. The molecule has 14 heavy (non-hydrogen) atoms. The van der Waals surface area contributed by atoms with Crippen molar-refractivity contribution in [2.24, 2.45) is 0 Å². The Morgan fingerprint density at radius 3 is 2.93 bits per heavy atom. The maximum atomic E-state index is 5.02. The summed E-state index contributed by atoms with van der Waals surface area (Å²) < 4.78 is 6.24. The van der Waals surface area contributed by atoms with Crippen molar-refractivity contribution in [3.05, 3.63) is 20.8 Å². The summed E-state index contributed by atoms with van der Waals surface area (Å²) in [4.78, 5) is 3.71. The fourth-order valence-electron chi connectivity index (χ4n) is 1.24. The highest BCUT2D eigenvalue weighted by molar-refractivity contribution is 9.10. The zero-order valence-electron chi connectivity index (χ0n) is 8.62. The van der Waals surface area contributed by atoms with Crippen LogP contribution >= 0.6 is 27.3 Å². The Hall–Kier alpha value is 0.100. The number of ether oxygens (including phenoxy) is 1. The van der Waals surface area contributed by atoms with Gasteiger partial charge in [0, 0.05) is 36.2 Å². The lowest BCUT2D eigenvalue weighted by Gasteiger charge is -2.15. The van der Waals surface area contributed by atoms with E-state index in [0.717, 1.165) is 26.1 Å². The van der Waals surface area contributed by atoms with Gasteiger partial charge >= 0.3 is 0 Å². The fourth-order valence-corrected chi connectivity index (χ4v) is 2.80. The molecule has 0 spiro atoms. The van der Waals surface area contributed by atoms with Gasteiger partial charge in [-0.1, -0.05) is 0 Å². The van der Waals surface area contributed by atoms with E-state index in [0.29, 0.717) is 0 Å². The van der Waals surface area contributed by atoms with Gasteiger partial charge in [0.1, 0.15) is 0 Å². The second kappa shape index (κ2) is 6.56. The minimum atomic E-state index is 0.843. The van der Waals surface area contributed by atoms with E-state index in [4.69, 9.17) is 4.74 Å². The van der Waals surface area contributed by atoms with Crippen LogP contribution in [-0.4, -0.2) is 32.2 Å². The molecule has 0 aliphatic carbocycles. The van der Waals surface area contributed by atoms with Gasteiger partial charge in [0.05, 0.1) is 0 Å². The van der Waals surface area contributed by atoms with E-state index in [9.17, 15) is 0 Å². The number of thiophene rings is 1. The summed E-state index contributed by atoms with van der Waals surface area (Å²) in [5.74, 6) is 0. The van der Waals surface area contributed by atoms with Crippen LogP contribution in [-0.2, 0) is 11.3 Å². The van der Waals surface area contributed by atoms with E-state index in [1.165, 1.54) is 9.35 Å². The monoisotopic (exact) mass is 277 g/mol. The van der Waals surface area contributed by atoms with Gasteiger partial charge < -0.3 is 9.64 Å². The lowest BCUT2D eigenvalue weighted by atomic mass is 10.4. The summed E-state index contributed by atoms with van der Waals surface area (Å²) in [7, 11) is 3.89. The number of methoxy groups -OCH3 is 1. The average Bonchev–Trinajstić information content (AvgIpc) is 2.52. The molecule has 1 rings (SSSR count). The molecule has 0 aromatic carbocycles. The number of hydrogen-bond donors (Lipinski definition) is 0. The molecular weight excluding hydrogens is 262 g/mol. The fraction of sp³-hybridized carbons (Fsp3) is 0.600. The first-order chi connectivity index (χ1) is 6.74. The first kappa shape index (κ1) is 12.2. The number of hydrogen-bond acceptors (Lipinski definition) is 3. The lowest BCUT2D eigenvalue weighted by molar-refractivity contribution is 0.178. The molecule has 0 N–H and O–H groups in total. The van der Waals surface area contributed by atoms with E-state index >= 15 is 0 Å². The first-order valence-electron chi connectivity index (χ1n) is 4.63. The molecule has 0 aliphatic rings. The number of halogens is 1. The predicted octanol–water partition coefficient (Wildman–Crippen LogP) is 2.98. The quantitative estimate of drug-likeness (QED) is 0.742. The standard InChI is InChI=1S/C10H16BrNOS/c1-12(5-3-6-13-2)8-10-9(11)4-7-14-10/h4,7H,3,5-6,8H2,1-2H3. The molecule has 0 unspecified atom stereocenters. The van der Waals surface area contributed by atoms with Gasteiger partial charge in [-0.25, -0.2) is 0 Å². The molecule has 0 fully saturated rings. The molecular formula is C10H16BrNOS. The highest BCUT2D eigenvalue weighted by atomic mass is 79.9. The molecule has 0 radical (unpaired) electrons. The molecule has 4 heteroatoms. The smallest absolute Gasteiger partial charge is 0.0474 e. The van der Waals surface area contributed by atoms with Gasteiger partial charge in [-0.05, 0) is 40.8 Å². The van der Waals surface area contributed by atoms with Crippen molar-refractivity contribution in [2.45, 2.75) is 13.0 Å². The van der Waals surface area contributed by atoms with Gasteiger partial charge in [0.25, 0.3) is 0 Å². The Morgan fingerprint density at radius 1 is 1.57 bits per heavy atom. The third-order valence-electron chi connectivity index (χ3n) is 1.99. The van der Waals surface area contributed by atoms with Crippen molar-refractivity contribution in [3.8, 4) is 0 Å². The van der Waals surface area contributed by atoms with Gasteiger partial charge in [0.15, 0.2) is 0 Å². The number of rotatable bonds is 6. The molecule has 1 aromatic heterocycles. The van der Waals surface area contributed by atoms with Crippen LogP contribution in [0.25, 0.3) is 0 Å². The van der Waals surface area contributed by atoms with Crippen LogP contribution in [0.3, 0.4) is 0 Å². The Balaban J connectivity index is 2.27. The van der Waals surface area contributed by atoms with Gasteiger partial charge in [-0.15, -0.1) is 11.3 Å². The molecule has 1 aromatic rings. The van der Waals surface area contributed by atoms with Crippen molar-refractivity contribution in [3.63, 3.8) is 0 Å². The molecule has 2 nitrogen and oxygen atoms in total. The summed E-state index contributed by atoms with van der Waals surface area (Å²) in [6.45, 7) is 2.94. The van der Waals surface area contributed by atoms with Crippen molar-refractivity contribution >= 4 is 27.3 Å². The lowest BCUT2D eigenvalue weighted by Crippen LogP contribution is -2.19. The summed E-state index contributed by atoms with van der Waals surface area (Å²) in [6, 6.07) is 2.10. The minimum absolute atomic E-state index is 0.843. The van der Waals surface area contributed by atoms with Crippen LogP contribution in [0, 0.1) is 0 Å². The van der Waals surface area contributed by atoms with E-state index in [-0.39, 0.29) is 0 Å². The van der Waals surface area contributed by atoms with Gasteiger partial charge in [-0.3, -0.25) is 0 Å². The minimum Gasteiger partial charge on any atom is -0.385 e. The van der Waals surface area contributed by atoms with Crippen LogP contribution in [0.2, 0.25) is 0 Å². The summed E-state index contributed by atoms with van der Waals surface area (Å²) in [6.07, 6.45) is 1.09. The molecule has 0 atom stereocenters. The SMILES string of the molecule is COCCCN(C)Cc1sccc1Br. The Labute approximate surface area is 98.0 Å². The highest BCUT2D eigenvalue weighted by Crippen LogP contribution is 2.23. The molecule has 0 amide bonds. The molecule has 1 heterocycles. The van der Waals surface area contributed by atoms with Crippen molar-refractivity contribution in [2.75, 3.05) is 27.3 Å². The van der Waals surface area contributed by atoms with Crippen LogP contribution in [0.4, 0.5) is 0 Å². The van der Waals surface area contributed by atoms with Crippen molar-refractivity contribution in [1.29, 1.82) is 0 Å². The third kappa shape index (κ3) is 4.09. The van der Waals surface area contributed by atoms with Gasteiger partial charge in [-0.2, -0.15) is 0 Å². The van der Waals surface area contributed by atoms with Crippen LogP contribution in [0.15, 0.2) is 15.9 Å². The summed E-state index contributed by atoms with van der Waals surface area (Å²) in [5.41, 5.74) is 0. The normalized spacial score (nSPS) is 11.1. The van der Waals surface area contributed by atoms with E-state index in [2.05, 4.69) is 39.3 Å². The van der Waals surface area contributed by atoms with Crippen molar-refractivity contribution < 1.29 is 4.74 Å². The van der Waals surface area contributed by atoms with Crippen LogP contribution in [0.5, 0.6) is 0 Å². The predicted molar refractivity (Wildman–Crippen MR) is 64.8 cm³/mol. The van der Waals surface area contributed by atoms with E-state index in [1.807, 2.05) is 0 Å². The topological polar surface area (TPSA) is 12.5 Å². The molecule has 80 valence electrons. The molecule has 0 bridgehead atoms. The summed E-state index contributed by atoms with van der Waals surface area (Å²) in [5, 5.41) is 2.11. The van der Waals surface area contributed by atoms with Crippen molar-refractivity contribution in [1.82, 2.24) is 4.90 Å². The molecule has 0 saturated heterocycles. The Bertz CT molecular complexity index is 264. The van der Waals surface area contributed by atoms with Gasteiger partial charge in [0.2, 0.25) is 0 Å². The second-order valence-electron chi connectivity index (χ2n) is 3.28. The third-order valence-corrected chi connectivity index (χ3v) is 3.90. The van der Waals surface area contributed by atoms with E-state index < -0.39 is 0 Å². The highest BCUT2D eigenvalue weighted by Gasteiger charge is 2.04. The van der Waals surface area contributed by atoms with Crippen LogP contribution in [0.1, 0.15) is 11.3 Å². The largest absolute Gasteiger partial charge is 0.385 e. The van der Waals surface area contributed by atoms with Crippen LogP contribution < -0.4 is 0 Å². The Kier molecular flexibility index (Phi) is 5.70. The molecule has 0 aliphatic heterocycles. The number of nitrogens with zero attached hydrogens (tertiary/aromatic N) is 1. The average molecular weight is 278 g/mol. The summed E-state index contributed by atoms with van der Waals surface area (Å²) >= 11 is 5.33. The first-order valence-corrected chi connectivity index (χ1v) is 6.30. The second-order valence-corrected chi connectivity index (χ2v) is 5.13.